The highest BCUT2D eigenvalue weighted by Gasteiger charge is 2.46. The van der Waals surface area contributed by atoms with Crippen LogP contribution < -0.4 is 5.32 Å². The van der Waals surface area contributed by atoms with Gasteiger partial charge in [-0.3, -0.25) is 9.89 Å². The first-order chi connectivity index (χ1) is 16.8. The van der Waals surface area contributed by atoms with Crippen molar-refractivity contribution in [3.05, 3.63) is 84.7 Å². The largest absolute Gasteiger partial charge is 0.328 e. The van der Waals surface area contributed by atoms with Crippen molar-refractivity contribution in [2.45, 2.75) is 18.3 Å². The van der Waals surface area contributed by atoms with Gasteiger partial charge >= 0.3 is 0 Å². The molecular formula is C27H28FN6O+. The lowest BCUT2D eigenvalue weighted by molar-refractivity contribution is -0.896. The number of hydrogen-bond acceptors (Lipinski definition) is 4. The molecule has 1 aliphatic heterocycles. The average molecular weight is 472 g/mol. The molecule has 0 bridgehead atoms. The predicted molar refractivity (Wildman–Crippen MR) is 133 cm³/mol. The summed E-state index contributed by atoms with van der Waals surface area (Å²) in [5, 5.41) is 10.0. The third-order valence-electron chi connectivity index (χ3n) is 6.99. The number of benzene rings is 2. The average Bonchev–Trinajstić information content (AvgIpc) is 3.40. The first kappa shape index (κ1) is 22.9. The lowest BCUT2D eigenvalue weighted by atomic mass is 9.71. The topological polar surface area (TPSA) is 83.6 Å². The maximum atomic E-state index is 13.9. The quantitative estimate of drug-likeness (QED) is 0.422. The molecule has 0 aliphatic carbocycles. The van der Waals surface area contributed by atoms with Gasteiger partial charge in [-0.1, -0.05) is 36.4 Å². The van der Waals surface area contributed by atoms with Crippen molar-refractivity contribution in [3.8, 4) is 22.5 Å². The van der Waals surface area contributed by atoms with Crippen LogP contribution in [0.15, 0.2) is 73.3 Å². The lowest BCUT2D eigenvalue weighted by Gasteiger charge is -2.44. The van der Waals surface area contributed by atoms with E-state index in [1.807, 2.05) is 30.5 Å². The van der Waals surface area contributed by atoms with Crippen LogP contribution in [0.5, 0.6) is 0 Å². The Morgan fingerprint density at radius 1 is 0.971 bits per heavy atom. The number of amides is 1. The van der Waals surface area contributed by atoms with Crippen molar-refractivity contribution in [3.63, 3.8) is 0 Å². The number of aromatic amines is 1. The van der Waals surface area contributed by atoms with Gasteiger partial charge in [0, 0.05) is 35.9 Å². The Labute approximate surface area is 203 Å². The molecule has 3 heterocycles. The molecule has 0 atom stereocenters. The fourth-order valence-electron chi connectivity index (χ4n) is 4.71. The molecule has 0 saturated carbocycles. The number of carbonyl (C=O) groups is 1. The standard InChI is InChI=1S/C27H27FN6O/c1-34(2)12-10-27(11-13-34,22-8-6-19(7-9-22)21-15-31-32-16-21)26(35)33-24-5-3-4-20(14-24)25-29-17-23(28)18-30-25/h3-9,14-18H,10-13H2,1-2H3,(H-,31,32,33,35)/p+1. The number of carbonyl (C=O) groups excluding carboxylic acids is 1. The first-order valence-electron chi connectivity index (χ1n) is 11.7. The molecule has 1 fully saturated rings. The molecule has 4 aromatic rings. The Balaban J connectivity index is 1.44. The van der Waals surface area contributed by atoms with Gasteiger partial charge in [-0.2, -0.15) is 5.10 Å². The number of anilines is 1. The van der Waals surface area contributed by atoms with Crippen molar-refractivity contribution in [2.75, 3.05) is 32.5 Å². The zero-order chi connectivity index (χ0) is 24.5. The number of hydrogen-bond donors (Lipinski definition) is 2. The molecule has 5 rings (SSSR count). The van der Waals surface area contributed by atoms with E-state index < -0.39 is 11.2 Å². The van der Waals surface area contributed by atoms with Crippen LogP contribution in [-0.2, 0) is 10.2 Å². The van der Waals surface area contributed by atoms with Crippen LogP contribution in [0.25, 0.3) is 22.5 Å². The molecule has 0 unspecified atom stereocenters. The summed E-state index contributed by atoms with van der Waals surface area (Å²) in [5.41, 5.74) is 3.82. The van der Waals surface area contributed by atoms with Crippen LogP contribution in [0.1, 0.15) is 18.4 Å². The highest BCUT2D eigenvalue weighted by molar-refractivity contribution is 5.99. The van der Waals surface area contributed by atoms with Gasteiger partial charge in [0.05, 0.1) is 51.2 Å². The van der Waals surface area contributed by atoms with Crippen LogP contribution in [0.2, 0.25) is 0 Å². The Hall–Kier alpha value is -3.91. The van der Waals surface area contributed by atoms with E-state index in [-0.39, 0.29) is 5.91 Å². The van der Waals surface area contributed by atoms with Crippen LogP contribution in [0.3, 0.4) is 0 Å². The minimum absolute atomic E-state index is 0.0227. The molecule has 1 aliphatic rings. The minimum Gasteiger partial charge on any atom is -0.328 e. The van der Waals surface area contributed by atoms with Crippen molar-refractivity contribution in [2.24, 2.45) is 0 Å². The van der Waals surface area contributed by atoms with Gasteiger partial charge in [0.2, 0.25) is 5.91 Å². The van der Waals surface area contributed by atoms with Gasteiger partial charge in [0.25, 0.3) is 0 Å². The summed E-state index contributed by atoms with van der Waals surface area (Å²) in [5.74, 6) is -0.105. The van der Waals surface area contributed by atoms with Crippen LogP contribution in [0, 0.1) is 5.82 Å². The molecule has 1 saturated heterocycles. The van der Waals surface area contributed by atoms with Gasteiger partial charge in [0.1, 0.15) is 0 Å². The Kier molecular flexibility index (Phi) is 5.90. The number of piperidine rings is 1. The number of quaternary nitrogens is 1. The first-order valence-corrected chi connectivity index (χ1v) is 11.7. The predicted octanol–water partition coefficient (Wildman–Crippen LogP) is 4.42. The van der Waals surface area contributed by atoms with Crippen LogP contribution in [-0.4, -0.2) is 57.7 Å². The third-order valence-corrected chi connectivity index (χ3v) is 6.99. The number of nitrogens with zero attached hydrogens (tertiary/aromatic N) is 4. The summed E-state index contributed by atoms with van der Waals surface area (Å²) >= 11 is 0. The monoisotopic (exact) mass is 471 g/mol. The molecule has 2 aromatic heterocycles. The molecule has 35 heavy (non-hydrogen) atoms. The third kappa shape index (κ3) is 4.70. The van der Waals surface area contributed by atoms with Crippen LogP contribution in [0.4, 0.5) is 10.1 Å². The van der Waals surface area contributed by atoms with E-state index in [4.69, 9.17) is 0 Å². The number of aromatic nitrogens is 4. The van der Waals surface area contributed by atoms with E-state index in [1.54, 1.807) is 6.20 Å². The molecule has 0 radical (unpaired) electrons. The van der Waals surface area contributed by atoms with E-state index >= 15 is 0 Å². The highest BCUT2D eigenvalue weighted by atomic mass is 19.1. The molecule has 2 N–H and O–H groups in total. The molecular weight excluding hydrogens is 443 g/mol. The van der Waals surface area contributed by atoms with Gasteiger partial charge in [-0.15, -0.1) is 0 Å². The van der Waals surface area contributed by atoms with Gasteiger partial charge in [0.15, 0.2) is 11.6 Å². The fraction of sp³-hybridized carbons (Fsp3) is 0.259. The number of H-pyrrole nitrogens is 1. The Morgan fingerprint density at radius 2 is 1.69 bits per heavy atom. The van der Waals surface area contributed by atoms with E-state index in [2.05, 4.69) is 63.8 Å². The maximum Gasteiger partial charge on any atom is 0.235 e. The molecule has 2 aromatic carbocycles. The van der Waals surface area contributed by atoms with E-state index in [0.717, 1.165) is 59.5 Å². The Morgan fingerprint density at radius 3 is 2.34 bits per heavy atom. The van der Waals surface area contributed by atoms with Crippen molar-refractivity contribution >= 4 is 11.6 Å². The smallest absolute Gasteiger partial charge is 0.235 e. The van der Waals surface area contributed by atoms with E-state index in [0.29, 0.717) is 17.1 Å². The minimum atomic E-state index is -0.634. The lowest BCUT2D eigenvalue weighted by Crippen LogP contribution is -2.55. The van der Waals surface area contributed by atoms with Crippen LogP contribution >= 0.6 is 0 Å². The summed E-state index contributed by atoms with van der Waals surface area (Å²) < 4.78 is 14.1. The SMILES string of the molecule is C[N+]1(C)CCC(C(=O)Nc2cccc(-c3ncc(F)cn3)c2)(c2ccc(-c3cn[nH]c3)cc2)CC1. The normalized spacial score (nSPS) is 16.5. The molecule has 178 valence electrons. The zero-order valence-electron chi connectivity index (χ0n) is 19.8. The van der Waals surface area contributed by atoms with Crippen molar-refractivity contribution < 1.29 is 13.7 Å². The van der Waals surface area contributed by atoms with Crippen molar-refractivity contribution in [1.29, 1.82) is 0 Å². The second-order valence-corrected chi connectivity index (χ2v) is 9.79. The second kappa shape index (κ2) is 9.03. The van der Waals surface area contributed by atoms with Gasteiger partial charge in [-0.05, 0) is 23.3 Å². The summed E-state index contributed by atoms with van der Waals surface area (Å²) in [4.78, 5) is 22.0. The number of rotatable bonds is 5. The molecule has 1 amide bonds. The number of nitrogens with one attached hydrogen (secondary N) is 2. The number of likely N-dealkylation sites (tertiary alicyclic amines) is 1. The van der Waals surface area contributed by atoms with E-state index in [1.165, 1.54) is 0 Å². The number of halogens is 1. The summed E-state index contributed by atoms with van der Waals surface area (Å²) in [6.07, 6.45) is 7.41. The molecule has 0 spiro atoms. The zero-order valence-corrected chi connectivity index (χ0v) is 19.8. The van der Waals surface area contributed by atoms with Gasteiger partial charge in [-0.25, -0.2) is 14.4 Å². The molecule has 7 nitrogen and oxygen atoms in total. The summed E-state index contributed by atoms with van der Waals surface area (Å²) in [7, 11) is 4.41. The van der Waals surface area contributed by atoms with E-state index in [9.17, 15) is 9.18 Å². The van der Waals surface area contributed by atoms with Gasteiger partial charge < -0.3 is 9.80 Å². The second-order valence-electron chi connectivity index (χ2n) is 9.79. The van der Waals surface area contributed by atoms with Crippen molar-refractivity contribution in [1.82, 2.24) is 20.2 Å². The maximum absolute atomic E-state index is 13.9. The molecule has 8 heteroatoms. The Bertz CT molecular complexity index is 1310. The summed E-state index contributed by atoms with van der Waals surface area (Å²) in [6, 6.07) is 15.6. The summed E-state index contributed by atoms with van der Waals surface area (Å²) in [6.45, 7) is 1.81. The highest BCUT2D eigenvalue weighted by Crippen LogP contribution is 2.39. The fourth-order valence-corrected chi connectivity index (χ4v) is 4.71.